The van der Waals surface area contributed by atoms with Crippen molar-refractivity contribution < 1.29 is 9.53 Å². The van der Waals surface area contributed by atoms with E-state index >= 15 is 0 Å². The first-order valence-electron chi connectivity index (χ1n) is 8.40. The highest BCUT2D eigenvalue weighted by atomic mass is 32.2. The number of anilines is 2. The summed E-state index contributed by atoms with van der Waals surface area (Å²) in [6.45, 7) is 7.31. The Morgan fingerprint density at radius 1 is 1.24 bits per heavy atom. The van der Waals surface area contributed by atoms with Crippen LogP contribution in [0.1, 0.15) is 11.1 Å². The average molecular weight is 357 g/mol. The molecule has 1 N–H and O–H groups in total. The first-order chi connectivity index (χ1) is 12.1. The SMILES string of the molecule is Cc1ccc(SCC(=O)Nc2ccc(N3CCOCC3)nc2)c(C)c1. The van der Waals surface area contributed by atoms with E-state index in [1.807, 2.05) is 12.1 Å². The zero-order valence-electron chi connectivity index (χ0n) is 14.6. The molecule has 0 atom stereocenters. The van der Waals surface area contributed by atoms with Crippen LogP contribution < -0.4 is 10.2 Å². The van der Waals surface area contributed by atoms with Gasteiger partial charge in [-0.05, 0) is 37.6 Å². The molecular weight excluding hydrogens is 334 g/mol. The van der Waals surface area contributed by atoms with Gasteiger partial charge in [-0.15, -0.1) is 11.8 Å². The minimum Gasteiger partial charge on any atom is -0.378 e. The fourth-order valence-electron chi connectivity index (χ4n) is 2.74. The molecule has 1 fully saturated rings. The number of amides is 1. The standard InChI is InChI=1S/C19H23N3O2S/c1-14-3-5-17(15(2)11-14)25-13-19(23)21-16-4-6-18(20-12-16)22-7-9-24-10-8-22/h3-6,11-12H,7-10,13H2,1-2H3,(H,21,23). The molecule has 0 unspecified atom stereocenters. The smallest absolute Gasteiger partial charge is 0.234 e. The Kier molecular flexibility index (Phi) is 5.94. The minimum atomic E-state index is -0.0223. The number of aromatic nitrogens is 1. The van der Waals surface area contributed by atoms with E-state index in [1.165, 1.54) is 11.1 Å². The van der Waals surface area contributed by atoms with Crippen molar-refractivity contribution in [3.8, 4) is 0 Å². The molecule has 6 heteroatoms. The second kappa shape index (κ2) is 8.36. The highest BCUT2D eigenvalue weighted by Crippen LogP contribution is 2.23. The average Bonchev–Trinajstić information content (AvgIpc) is 2.62. The number of ether oxygens (including phenoxy) is 1. The van der Waals surface area contributed by atoms with Crippen LogP contribution in [0.15, 0.2) is 41.4 Å². The molecule has 0 radical (unpaired) electrons. The van der Waals surface area contributed by atoms with Gasteiger partial charge in [0.25, 0.3) is 0 Å². The third-order valence-corrected chi connectivity index (χ3v) is 5.23. The molecule has 3 rings (SSSR count). The van der Waals surface area contributed by atoms with Crippen molar-refractivity contribution >= 4 is 29.2 Å². The predicted octanol–water partition coefficient (Wildman–Crippen LogP) is 3.27. The second-order valence-corrected chi connectivity index (χ2v) is 7.13. The van der Waals surface area contributed by atoms with E-state index in [4.69, 9.17) is 4.74 Å². The molecule has 1 aliphatic rings. The first-order valence-corrected chi connectivity index (χ1v) is 9.39. The maximum Gasteiger partial charge on any atom is 0.234 e. The van der Waals surface area contributed by atoms with Crippen molar-refractivity contribution in [1.29, 1.82) is 0 Å². The maximum absolute atomic E-state index is 12.2. The molecule has 1 aliphatic heterocycles. The zero-order valence-corrected chi connectivity index (χ0v) is 15.4. The summed E-state index contributed by atoms with van der Waals surface area (Å²) in [5.41, 5.74) is 3.16. The molecule has 1 amide bonds. The fraction of sp³-hybridized carbons (Fsp3) is 0.368. The molecule has 5 nitrogen and oxygen atoms in total. The summed E-state index contributed by atoms with van der Waals surface area (Å²) in [7, 11) is 0. The number of hydrogen-bond acceptors (Lipinski definition) is 5. The first kappa shape index (κ1) is 17.8. The highest BCUT2D eigenvalue weighted by molar-refractivity contribution is 8.00. The van der Waals surface area contributed by atoms with E-state index < -0.39 is 0 Å². The van der Waals surface area contributed by atoms with Crippen LogP contribution in [0.2, 0.25) is 0 Å². The van der Waals surface area contributed by atoms with Gasteiger partial charge in [0.15, 0.2) is 0 Å². The minimum absolute atomic E-state index is 0.0223. The van der Waals surface area contributed by atoms with E-state index in [-0.39, 0.29) is 5.91 Å². The van der Waals surface area contributed by atoms with Gasteiger partial charge in [0, 0.05) is 18.0 Å². The topological polar surface area (TPSA) is 54.5 Å². The van der Waals surface area contributed by atoms with Gasteiger partial charge < -0.3 is 15.0 Å². The van der Waals surface area contributed by atoms with Crippen molar-refractivity contribution in [3.63, 3.8) is 0 Å². The van der Waals surface area contributed by atoms with Gasteiger partial charge in [-0.3, -0.25) is 4.79 Å². The van der Waals surface area contributed by atoms with Gasteiger partial charge in [-0.25, -0.2) is 4.98 Å². The van der Waals surface area contributed by atoms with Crippen molar-refractivity contribution in [2.45, 2.75) is 18.7 Å². The normalized spacial score (nSPS) is 14.4. The summed E-state index contributed by atoms with van der Waals surface area (Å²) in [6, 6.07) is 10.1. The van der Waals surface area contributed by atoms with E-state index in [0.29, 0.717) is 5.75 Å². The van der Waals surface area contributed by atoms with Crippen LogP contribution in [0.4, 0.5) is 11.5 Å². The van der Waals surface area contributed by atoms with Gasteiger partial charge >= 0.3 is 0 Å². The second-order valence-electron chi connectivity index (χ2n) is 6.11. The van der Waals surface area contributed by atoms with E-state index in [2.05, 4.69) is 47.2 Å². The quantitative estimate of drug-likeness (QED) is 0.833. The van der Waals surface area contributed by atoms with Crippen molar-refractivity contribution in [3.05, 3.63) is 47.7 Å². The molecule has 2 heterocycles. The lowest BCUT2D eigenvalue weighted by Gasteiger charge is -2.27. The summed E-state index contributed by atoms with van der Waals surface area (Å²) in [5.74, 6) is 1.28. The number of thioether (sulfide) groups is 1. The largest absolute Gasteiger partial charge is 0.378 e. The number of nitrogens with one attached hydrogen (secondary N) is 1. The van der Waals surface area contributed by atoms with Gasteiger partial charge in [0.2, 0.25) is 5.91 Å². The number of carbonyl (C=O) groups excluding carboxylic acids is 1. The number of aryl methyl sites for hydroxylation is 2. The molecule has 1 saturated heterocycles. The predicted molar refractivity (Wildman–Crippen MR) is 103 cm³/mol. The highest BCUT2D eigenvalue weighted by Gasteiger charge is 2.12. The number of morpholine rings is 1. The molecular formula is C19H23N3O2S. The number of benzene rings is 1. The summed E-state index contributed by atoms with van der Waals surface area (Å²) >= 11 is 1.55. The van der Waals surface area contributed by atoms with E-state index in [0.717, 1.165) is 42.7 Å². The third-order valence-electron chi connectivity index (χ3n) is 4.06. The van der Waals surface area contributed by atoms with Crippen molar-refractivity contribution in [2.24, 2.45) is 0 Å². The molecule has 0 aliphatic carbocycles. The van der Waals surface area contributed by atoms with Gasteiger partial charge in [-0.1, -0.05) is 17.7 Å². The summed E-state index contributed by atoms with van der Waals surface area (Å²) < 4.78 is 5.35. The Bertz CT molecular complexity index is 728. The Balaban J connectivity index is 1.52. The Morgan fingerprint density at radius 2 is 2.04 bits per heavy atom. The molecule has 0 bridgehead atoms. The van der Waals surface area contributed by atoms with Crippen LogP contribution >= 0.6 is 11.8 Å². The van der Waals surface area contributed by atoms with Crippen LogP contribution in [-0.2, 0) is 9.53 Å². The van der Waals surface area contributed by atoms with Crippen molar-refractivity contribution in [2.75, 3.05) is 42.3 Å². The molecule has 1 aromatic heterocycles. The van der Waals surface area contributed by atoms with Crippen LogP contribution in [-0.4, -0.2) is 42.9 Å². The van der Waals surface area contributed by atoms with Gasteiger partial charge in [-0.2, -0.15) is 0 Å². The molecule has 0 saturated carbocycles. The monoisotopic (exact) mass is 357 g/mol. The Morgan fingerprint density at radius 3 is 2.72 bits per heavy atom. The van der Waals surface area contributed by atoms with Crippen LogP contribution in [0, 0.1) is 13.8 Å². The van der Waals surface area contributed by atoms with Crippen LogP contribution in [0.5, 0.6) is 0 Å². The number of hydrogen-bond donors (Lipinski definition) is 1. The Hall–Kier alpha value is -2.05. The van der Waals surface area contributed by atoms with Gasteiger partial charge in [0.1, 0.15) is 5.82 Å². The number of carbonyl (C=O) groups is 1. The molecule has 132 valence electrons. The lowest BCUT2D eigenvalue weighted by atomic mass is 10.2. The molecule has 2 aromatic rings. The number of pyridine rings is 1. The maximum atomic E-state index is 12.2. The lowest BCUT2D eigenvalue weighted by molar-refractivity contribution is -0.113. The summed E-state index contributed by atoms with van der Waals surface area (Å²) in [4.78, 5) is 19.9. The molecule has 1 aromatic carbocycles. The van der Waals surface area contributed by atoms with E-state index in [9.17, 15) is 4.79 Å². The van der Waals surface area contributed by atoms with Crippen LogP contribution in [0.25, 0.3) is 0 Å². The lowest BCUT2D eigenvalue weighted by Crippen LogP contribution is -2.36. The zero-order chi connectivity index (χ0) is 17.6. The fourth-order valence-corrected chi connectivity index (χ4v) is 3.55. The Labute approximate surface area is 152 Å². The number of rotatable bonds is 5. The third kappa shape index (κ3) is 4.96. The van der Waals surface area contributed by atoms with Gasteiger partial charge in [0.05, 0.1) is 30.9 Å². The van der Waals surface area contributed by atoms with E-state index in [1.54, 1.807) is 18.0 Å². The molecule has 0 spiro atoms. The number of nitrogens with zero attached hydrogens (tertiary/aromatic N) is 2. The van der Waals surface area contributed by atoms with Crippen molar-refractivity contribution in [1.82, 2.24) is 4.98 Å². The van der Waals surface area contributed by atoms with Crippen LogP contribution in [0.3, 0.4) is 0 Å². The summed E-state index contributed by atoms with van der Waals surface area (Å²) in [6.07, 6.45) is 1.71. The summed E-state index contributed by atoms with van der Waals surface area (Å²) in [5, 5.41) is 2.91. The molecule has 25 heavy (non-hydrogen) atoms.